The van der Waals surface area contributed by atoms with Gasteiger partial charge >= 0.3 is 18.1 Å². The number of ether oxygens (including phenoxy) is 2. The van der Waals surface area contributed by atoms with Crippen molar-refractivity contribution in [3.05, 3.63) is 89.5 Å². The van der Waals surface area contributed by atoms with Crippen LogP contribution in [0.2, 0.25) is 0 Å². The summed E-state index contributed by atoms with van der Waals surface area (Å²) in [5.41, 5.74) is 2.44. The van der Waals surface area contributed by atoms with Crippen LogP contribution in [0.4, 0.5) is 21.0 Å². The van der Waals surface area contributed by atoms with Crippen molar-refractivity contribution in [3.8, 4) is 5.88 Å². The standard InChI is InChI=1S/C35H35N5O7/c1-35(2,3)47-34(45)39-19-27-28(39)18-38(27)33(44)40-26-17-22(32(43)46-5)11-16-25(26)29(31(40)42)30(21-9-7-6-8-10-21)36-23-12-14-24(15-13-23)37(4)20-41/h6-17,20,27-28,42H,18-19H2,1-5H3/t27?,28-/m1/s1. The zero-order valence-corrected chi connectivity index (χ0v) is 26.7. The largest absolute Gasteiger partial charge is 0.494 e. The molecule has 6 rings (SSSR count). The molecule has 0 radical (unpaired) electrons. The van der Waals surface area contributed by atoms with Gasteiger partial charge in [-0.05, 0) is 57.2 Å². The zero-order valence-electron chi connectivity index (χ0n) is 26.7. The first kappa shape index (κ1) is 31.3. The quantitative estimate of drug-likeness (QED) is 0.175. The van der Waals surface area contributed by atoms with Crippen molar-refractivity contribution < 1.29 is 33.8 Å². The number of aromatic nitrogens is 1. The number of benzene rings is 3. The number of piperazine rings is 1. The number of esters is 1. The maximum absolute atomic E-state index is 14.2. The van der Waals surface area contributed by atoms with Crippen LogP contribution in [-0.2, 0) is 14.3 Å². The molecule has 3 heterocycles. The fraction of sp³-hybridized carbons (Fsp3) is 0.286. The Morgan fingerprint density at radius 3 is 2.19 bits per heavy atom. The number of rotatable bonds is 6. The number of anilines is 1. The monoisotopic (exact) mass is 637 g/mol. The highest BCUT2D eigenvalue weighted by Gasteiger charge is 2.57. The lowest BCUT2D eigenvalue weighted by atomic mass is 9.86. The van der Waals surface area contributed by atoms with Gasteiger partial charge in [-0.1, -0.05) is 36.4 Å². The smallest absolute Gasteiger partial charge is 0.410 e. The summed E-state index contributed by atoms with van der Waals surface area (Å²) in [6, 6.07) is 20.1. The van der Waals surface area contributed by atoms with Crippen LogP contribution in [0.3, 0.4) is 0 Å². The number of amides is 3. The molecular formula is C35H35N5O7. The van der Waals surface area contributed by atoms with Crippen LogP contribution in [0.15, 0.2) is 77.8 Å². The van der Waals surface area contributed by atoms with Gasteiger partial charge in [-0.2, -0.15) is 0 Å². The summed E-state index contributed by atoms with van der Waals surface area (Å²) >= 11 is 0. The molecule has 0 aliphatic carbocycles. The van der Waals surface area contributed by atoms with Crippen molar-refractivity contribution in [1.82, 2.24) is 14.4 Å². The van der Waals surface area contributed by atoms with Crippen molar-refractivity contribution in [2.45, 2.75) is 38.5 Å². The third-order valence-corrected chi connectivity index (χ3v) is 8.38. The van der Waals surface area contributed by atoms with Gasteiger partial charge in [0.2, 0.25) is 12.3 Å². The number of carbonyl (C=O) groups is 4. The maximum atomic E-state index is 14.2. The number of fused-ring (bicyclic) bond motifs is 2. The van der Waals surface area contributed by atoms with Gasteiger partial charge in [0.15, 0.2) is 0 Å². The molecule has 242 valence electrons. The van der Waals surface area contributed by atoms with E-state index < -0.39 is 23.7 Å². The molecule has 2 aliphatic heterocycles. The Morgan fingerprint density at radius 1 is 0.936 bits per heavy atom. The lowest BCUT2D eigenvalue weighted by molar-refractivity contribution is -0.107. The predicted molar refractivity (Wildman–Crippen MR) is 176 cm³/mol. The van der Waals surface area contributed by atoms with Gasteiger partial charge in [0.05, 0.1) is 47.2 Å². The van der Waals surface area contributed by atoms with Crippen molar-refractivity contribution in [2.75, 3.05) is 32.1 Å². The van der Waals surface area contributed by atoms with E-state index in [1.54, 1.807) is 74.0 Å². The fourth-order valence-electron chi connectivity index (χ4n) is 5.89. The SMILES string of the molecule is COC(=O)c1ccc2c(C(=Nc3ccc(N(C)C=O)cc3)c3ccccc3)c(O)n(C(=O)N3C[C@@H]4C3CN4C(=O)OC(C)(C)C)c2c1. The molecule has 3 amide bonds. The number of carbonyl (C=O) groups excluding carboxylic acids is 4. The molecule has 1 N–H and O–H groups in total. The Morgan fingerprint density at radius 2 is 1.60 bits per heavy atom. The molecule has 2 saturated heterocycles. The first-order chi connectivity index (χ1) is 22.4. The second kappa shape index (κ2) is 11.9. The van der Waals surface area contributed by atoms with Gasteiger partial charge in [0.25, 0.3) is 0 Å². The number of hydrogen-bond acceptors (Lipinski definition) is 8. The van der Waals surface area contributed by atoms with Gasteiger partial charge in [-0.15, -0.1) is 0 Å². The number of hydrogen-bond donors (Lipinski definition) is 1. The minimum absolute atomic E-state index is 0.189. The highest BCUT2D eigenvalue weighted by Crippen LogP contribution is 2.40. The van der Waals surface area contributed by atoms with E-state index in [-0.39, 0.29) is 30.1 Å². The minimum atomic E-state index is -0.642. The highest BCUT2D eigenvalue weighted by molar-refractivity contribution is 6.23. The van der Waals surface area contributed by atoms with E-state index in [0.29, 0.717) is 52.1 Å². The van der Waals surface area contributed by atoms with E-state index in [1.807, 2.05) is 30.3 Å². The van der Waals surface area contributed by atoms with Gasteiger partial charge in [0.1, 0.15) is 5.60 Å². The van der Waals surface area contributed by atoms with Crippen molar-refractivity contribution in [3.63, 3.8) is 0 Å². The molecule has 4 aromatic rings. The van der Waals surface area contributed by atoms with Crippen LogP contribution in [0.5, 0.6) is 5.88 Å². The molecule has 12 nitrogen and oxygen atoms in total. The van der Waals surface area contributed by atoms with Gasteiger partial charge in [0, 0.05) is 36.8 Å². The molecule has 1 unspecified atom stereocenters. The molecule has 12 heteroatoms. The Kier molecular flexibility index (Phi) is 7.96. The van der Waals surface area contributed by atoms with E-state index in [9.17, 15) is 24.3 Å². The van der Waals surface area contributed by atoms with Crippen LogP contribution >= 0.6 is 0 Å². The normalized spacial score (nSPS) is 17.3. The molecule has 2 fully saturated rings. The van der Waals surface area contributed by atoms with Gasteiger partial charge < -0.3 is 24.4 Å². The second-order valence-electron chi connectivity index (χ2n) is 12.5. The summed E-state index contributed by atoms with van der Waals surface area (Å²) in [5.74, 6) is -0.944. The summed E-state index contributed by atoms with van der Waals surface area (Å²) < 4.78 is 11.6. The minimum Gasteiger partial charge on any atom is -0.494 e. The summed E-state index contributed by atoms with van der Waals surface area (Å²) in [5, 5.41) is 12.4. The maximum Gasteiger partial charge on any atom is 0.410 e. The Balaban J connectivity index is 1.44. The van der Waals surface area contributed by atoms with Crippen LogP contribution < -0.4 is 4.90 Å². The lowest BCUT2D eigenvalue weighted by Crippen LogP contribution is -2.80. The van der Waals surface area contributed by atoms with Crippen molar-refractivity contribution >= 4 is 52.5 Å². The first-order valence-electron chi connectivity index (χ1n) is 15.1. The molecule has 1 aromatic heterocycles. The molecule has 47 heavy (non-hydrogen) atoms. The topological polar surface area (TPSA) is 134 Å². The predicted octanol–water partition coefficient (Wildman–Crippen LogP) is 5.17. The highest BCUT2D eigenvalue weighted by atomic mass is 16.6. The van der Waals surface area contributed by atoms with E-state index >= 15 is 0 Å². The number of likely N-dealkylation sites (tertiary alicyclic amines) is 2. The molecule has 2 aliphatic rings. The molecule has 2 atom stereocenters. The summed E-state index contributed by atoms with van der Waals surface area (Å²) in [6.45, 7) is 5.96. The summed E-state index contributed by atoms with van der Waals surface area (Å²) in [6.07, 6.45) is 0.277. The fourth-order valence-corrected chi connectivity index (χ4v) is 5.89. The second-order valence-corrected chi connectivity index (χ2v) is 12.5. The van der Waals surface area contributed by atoms with Crippen molar-refractivity contribution in [2.24, 2.45) is 4.99 Å². The number of aliphatic imine (C=N–C) groups is 1. The lowest BCUT2D eigenvalue weighted by Gasteiger charge is -2.60. The molecule has 0 bridgehead atoms. The average Bonchev–Trinajstić information content (AvgIpc) is 3.33. The Labute approximate surface area is 271 Å². The third-order valence-electron chi connectivity index (χ3n) is 8.38. The average molecular weight is 638 g/mol. The number of nitrogens with zero attached hydrogens (tertiary/aromatic N) is 5. The van der Waals surface area contributed by atoms with Crippen LogP contribution in [0, 0.1) is 0 Å². The third kappa shape index (κ3) is 5.66. The molecule has 0 saturated carbocycles. The van der Waals surface area contributed by atoms with E-state index in [1.165, 1.54) is 22.6 Å². The molecular weight excluding hydrogens is 602 g/mol. The van der Waals surface area contributed by atoms with Gasteiger partial charge in [-0.3, -0.25) is 9.69 Å². The zero-order chi connectivity index (χ0) is 33.6. The molecule has 3 aromatic carbocycles. The first-order valence-corrected chi connectivity index (χ1v) is 15.1. The van der Waals surface area contributed by atoms with E-state index in [0.717, 1.165) is 0 Å². The van der Waals surface area contributed by atoms with E-state index in [2.05, 4.69) is 0 Å². The molecule has 0 spiro atoms. The van der Waals surface area contributed by atoms with Gasteiger partial charge in [-0.25, -0.2) is 23.9 Å². The summed E-state index contributed by atoms with van der Waals surface area (Å²) in [4.78, 5) is 60.2. The van der Waals surface area contributed by atoms with Crippen LogP contribution in [-0.4, -0.2) is 94.6 Å². The Hall–Kier alpha value is -5.65. The number of methoxy groups -OCH3 is 1. The number of aromatic hydroxyl groups is 1. The van der Waals surface area contributed by atoms with E-state index in [4.69, 9.17) is 14.5 Å². The Bertz CT molecular complexity index is 1910. The van der Waals surface area contributed by atoms with Crippen LogP contribution in [0.1, 0.15) is 42.3 Å². The van der Waals surface area contributed by atoms with Crippen molar-refractivity contribution in [1.29, 1.82) is 0 Å². The van der Waals surface area contributed by atoms with Crippen LogP contribution in [0.25, 0.3) is 10.9 Å². The summed E-state index contributed by atoms with van der Waals surface area (Å²) in [7, 11) is 2.91.